The summed E-state index contributed by atoms with van der Waals surface area (Å²) in [6.45, 7) is 0. The zero-order valence-corrected chi connectivity index (χ0v) is 31.0. The fourth-order valence-electron chi connectivity index (χ4n) is 10.1. The van der Waals surface area contributed by atoms with Crippen LogP contribution in [0.5, 0.6) is 5.75 Å². The molecule has 9 nitrogen and oxygen atoms in total. The molecule has 9 rings (SSSR count). The van der Waals surface area contributed by atoms with Gasteiger partial charge in [0.05, 0.1) is 22.3 Å². The second-order valence-corrected chi connectivity index (χ2v) is 18.5. The molecule has 0 radical (unpaired) electrons. The van der Waals surface area contributed by atoms with Gasteiger partial charge in [-0.3, -0.25) is 9.59 Å². The van der Waals surface area contributed by atoms with Gasteiger partial charge < -0.3 is 18.8 Å². The lowest BCUT2D eigenvalue weighted by Crippen LogP contribution is -2.44. The van der Waals surface area contributed by atoms with Gasteiger partial charge in [-0.05, 0) is 172 Å². The molecule has 238 valence electrons. The molecule has 1 aliphatic heterocycles. The smallest absolute Gasteiger partial charge is 0.339 e. The lowest BCUT2D eigenvalue weighted by atomic mass is 9.51. The van der Waals surface area contributed by atoms with Gasteiger partial charge in [0.2, 0.25) is 0 Å². The van der Waals surface area contributed by atoms with E-state index < -0.39 is 58.0 Å². The molecule has 45 heavy (non-hydrogen) atoms. The van der Waals surface area contributed by atoms with Crippen molar-refractivity contribution in [1.82, 2.24) is 0 Å². The van der Waals surface area contributed by atoms with Crippen LogP contribution in [0.25, 0.3) is 0 Å². The van der Waals surface area contributed by atoms with Gasteiger partial charge in [0.25, 0.3) is 0 Å². The normalized spacial score (nSPS) is 37.2. The molecule has 2 aromatic rings. The van der Waals surface area contributed by atoms with Crippen LogP contribution in [0, 0.1) is 58.1 Å². The van der Waals surface area contributed by atoms with Gasteiger partial charge in [-0.15, -0.1) is 0 Å². The zero-order chi connectivity index (χ0) is 31.5. The van der Waals surface area contributed by atoms with E-state index in [4.69, 9.17) is 14.2 Å². The molecule has 6 bridgehead atoms. The average molecular weight is 969 g/mol. The monoisotopic (exact) mass is 969 g/mol. The number of hydrogen-bond donors (Lipinski definition) is 0. The third-order valence-corrected chi connectivity index (χ3v) is 15.9. The third kappa shape index (κ3) is 5.18. The number of rotatable bonds is 6. The number of benzene rings is 2. The van der Waals surface area contributed by atoms with Crippen molar-refractivity contribution in [3.63, 3.8) is 0 Å². The highest BCUT2D eigenvalue weighted by molar-refractivity contribution is 14.1. The molecular formula is C32H28I3O9S-. The van der Waals surface area contributed by atoms with Crippen molar-refractivity contribution in [2.45, 2.75) is 61.5 Å². The summed E-state index contributed by atoms with van der Waals surface area (Å²) in [4.78, 5) is 40.0. The first kappa shape index (κ1) is 31.2. The molecule has 0 aromatic heterocycles. The molecule has 0 amide bonds. The third-order valence-electron chi connectivity index (χ3n) is 11.3. The highest BCUT2D eigenvalue weighted by Crippen LogP contribution is 2.61. The molecule has 13 heteroatoms. The van der Waals surface area contributed by atoms with Gasteiger partial charge in [0, 0.05) is 22.5 Å². The first-order chi connectivity index (χ1) is 21.4. The van der Waals surface area contributed by atoms with Crippen LogP contribution >= 0.6 is 67.8 Å². The van der Waals surface area contributed by atoms with Crippen LogP contribution in [0.2, 0.25) is 0 Å². The summed E-state index contributed by atoms with van der Waals surface area (Å²) in [5, 5.41) is 0. The van der Waals surface area contributed by atoms with Crippen LogP contribution < -0.4 is 4.74 Å². The molecule has 6 saturated carbocycles. The summed E-state index contributed by atoms with van der Waals surface area (Å²) < 4.78 is 57.2. The molecule has 7 aliphatic rings. The molecule has 1 heterocycles. The maximum absolute atomic E-state index is 13.8. The predicted molar refractivity (Wildman–Crippen MR) is 182 cm³/mol. The highest BCUT2D eigenvalue weighted by Gasteiger charge is 2.70. The minimum atomic E-state index is -4.75. The SMILES string of the molecule is O=C(OC1C2CC3C1OC(=O)C3C2C(=O)Oc1ccc(S(=O)(=O)[O-])c(C2C3CC4CC(C3)CC2C4)c1)c1cc(I)cc(I)c1I. The first-order valence-corrected chi connectivity index (χ1v) is 19.9. The summed E-state index contributed by atoms with van der Waals surface area (Å²) in [5.74, 6) is -1.95. The van der Waals surface area contributed by atoms with E-state index in [1.807, 2.05) is 6.07 Å². The Labute approximate surface area is 301 Å². The van der Waals surface area contributed by atoms with Gasteiger partial charge in [-0.25, -0.2) is 13.2 Å². The molecule has 6 aliphatic carbocycles. The Bertz CT molecular complexity index is 1730. The van der Waals surface area contributed by atoms with Crippen molar-refractivity contribution in [3.05, 3.63) is 52.2 Å². The fraction of sp³-hybridized carbons (Fsp3) is 0.531. The summed E-state index contributed by atoms with van der Waals surface area (Å²) in [7, 11) is -4.75. The Morgan fingerprint density at radius 3 is 2.24 bits per heavy atom. The second-order valence-electron chi connectivity index (χ2n) is 13.7. The topological polar surface area (TPSA) is 136 Å². The molecule has 6 atom stereocenters. The summed E-state index contributed by atoms with van der Waals surface area (Å²) in [6, 6.07) is 7.89. The van der Waals surface area contributed by atoms with E-state index in [9.17, 15) is 27.4 Å². The number of carbonyl (C=O) groups is 3. The molecule has 6 unspecified atom stereocenters. The molecule has 0 N–H and O–H groups in total. The maximum Gasteiger partial charge on any atom is 0.339 e. The van der Waals surface area contributed by atoms with Crippen LogP contribution in [-0.4, -0.2) is 43.1 Å². The van der Waals surface area contributed by atoms with E-state index in [0.29, 0.717) is 41.2 Å². The quantitative estimate of drug-likeness (QED) is 0.114. The van der Waals surface area contributed by atoms with Crippen LogP contribution in [-0.2, 0) is 29.2 Å². The number of carbonyl (C=O) groups excluding carboxylic acids is 3. The number of esters is 3. The minimum Gasteiger partial charge on any atom is -0.744 e. The lowest BCUT2D eigenvalue weighted by Gasteiger charge is -2.55. The van der Waals surface area contributed by atoms with Gasteiger partial charge in [0.1, 0.15) is 28.1 Å². The van der Waals surface area contributed by atoms with E-state index in [1.54, 1.807) is 12.1 Å². The first-order valence-electron chi connectivity index (χ1n) is 15.2. The number of fused-ring (bicyclic) bond motifs is 1. The Morgan fingerprint density at radius 2 is 1.58 bits per heavy atom. The number of hydrogen-bond acceptors (Lipinski definition) is 9. The van der Waals surface area contributed by atoms with Gasteiger partial charge in [-0.2, -0.15) is 0 Å². The van der Waals surface area contributed by atoms with Gasteiger partial charge >= 0.3 is 17.9 Å². The van der Waals surface area contributed by atoms with Gasteiger partial charge in [0.15, 0.2) is 0 Å². The van der Waals surface area contributed by atoms with E-state index >= 15 is 0 Å². The van der Waals surface area contributed by atoms with Crippen molar-refractivity contribution in [1.29, 1.82) is 0 Å². The van der Waals surface area contributed by atoms with Crippen molar-refractivity contribution < 1.29 is 41.6 Å². The summed E-state index contributed by atoms with van der Waals surface area (Å²) in [6.07, 6.45) is 4.43. The largest absolute Gasteiger partial charge is 0.744 e. The predicted octanol–water partition coefficient (Wildman–Crippen LogP) is 5.88. The van der Waals surface area contributed by atoms with Crippen molar-refractivity contribution in [2.24, 2.45) is 47.3 Å². The molecular weight excluding hydrogens is 941 g/mol. The van der Waals surface area contributed by atoms with Crippen molar-refractivity contribution in [3.8, 4) is 5.75 Å². The minimum absolute atomic E-state index is 0.0704. The second kappa shape index (κ2) is 11.3. The van der Waals surface area contributed by atoms with Crippen LogP contribution in [0.4, 0.5) is 0 Å². The van der Waals surface area contributed by atoms with Gasteiger partial charge in [-0.1, -0.05) is 0 Å². The number of ether oxygens (including phenoxy) is 3. The Balaban J connectivity index is 1.07. The van der Waals surface area contributed by atoms with Crippen LogP contribution in [0.3, 0.4) is 0 Å². The van der Waals surface area contributed by atoms with E-state index in [0.717, 1.165) is 36.4 Å². The Hall–Kier alpha value is -1.05. The van der Waals surface area contributed by atoms with Crippen LogP contribution in [0.1, 0.15) is 60.4 Å². The number of halogens is 3. The summed E-state index contributed by atoms with van der Waals surface area (Å²) >= 11 is 6.42. The Kier molecular flexibility index (Phi) is 7.81. The average Bonchev–Trinajstić information content (AvgIpc) is 3.58. The lowest BCUT2D eigenvalue weighted by molar-refractivity contribution is -0.149. The molecule has 1 saturated heterocycles. The van der Waals surface area contributed by atoms with Crippen molar-refractivity contribution >= 4 is 95.8 Å². The standard InChI is InChI=1S/C32H29I3O9S/c33-16-8-21(27(35)22(34)9-16)30(36)43-28-19-11-20-26(32(38)44-29(20)28)25(19)31(37)42-17-1-2-23(45(39,40)41)18(10-17)24-14-4-12-3-13(6-14)7-15(24)5-12/h1-2,8-10,12-15,19-20,24-26,28-29H,3-7,11H2,(H,39,40,41)/p-1. The van der Waals surface area contributed by atoms with E-state index in [1.165, 1.54) is 18.6 Å². The molecule has 0 spiro atoms. The molecule has 7 fully saturated rings. The summed E-state index contributed by atoms with van der Waals surface area (Å²) in [5.41, 5.74) is 0.867. The molecule has 2 aromatic carbocycles. The maximum atomic E-state index is 13.8. The fourth-order valence-corrected chi connectivity index (χ4v) is 13.2. The van der Waals surface area contributed by atoms with E-state index in [-0.39, 0.29) is 22.5 Å². The van der Waals surface area contributed by atoms with Crippen LogP contribution in [0.15, 0.2) is 35.2 Å². The zero-order valence-electron chi connectivity index (χ0n) is 23.7. The van der Waals surface area contributed by atoms with E-state index in [2.05, 4.69) is 67.8 Å². The highest BCUT2D eigenvalue weighted by atomic mass is 127. The van der Waals surface area contributed by atoms with Crippen molar-refractivity contribution in [2.75, 3.05) is 0 Å². The Morgan fingerprint density at radius 1 is 0.889 bits per heavy atom.